The van der Waals surface area contributed by atoms with Crippen LogP contribution in [0.25, 0.3) is 0 Å². The number of nitrogens with zero attached hydrogens (tertiary/aromatic N) is 8. The molecule has 0 aliphatic heterocycles. The van der Waals surface area contributed by atoms with Gasteiger partial charge in [0, 0.05) is 41.9 Å². The zero-order valence-corrected chi connectivity index (χ0v) is 44.1. The van der Waals surface area contributed by atoms with Crippen molar-refractivity contribution < 1.29 is 23.1 Å². The summed E-state index contributed by atoms with van der Waals surface area (Å²) in [6.07, 6.45) is 24.5. The lowest BCUT2D eigenvalue weighted by molar-refractivity contribution is -0.146. The van der Waals surface area contributed by atoms with Crippen LogP contribution >= 0.6 is 11.6 Å². The number of amidine groups is 1. The van der Waals surface area contributed by atoms with Gasteiger partial charge in [-0.15, -0.1) is 0 Å². The topological polar surface area (TPSA) is 273 Å². The van der Waals surface area contributed by atoms with Crippen molar-refractivity contribution in [2.45, 2.75) is 164 Å². The van der Waals surface area contributed by atoms with Gasteiger partial charge in [-0.1, -0.05) is 95.1 Å². The Morgan fingerprint density at radius 3 is 1.47 bits per heavy atom. The molecule has 19 nitrogen and oxygen atoms in total. The maximum Gasteiger partial charge on any atom is 0.441 e. The fourth-order valence-electron chi connectivity index (χ4n) is 5.76. The molecule has 3 aromatic heterocycles. The lowest BCUT2D eigenvalue weighted by atomic mass is 9.96. The standard InChI is InChI=1S/C20H24ClN3O4.C11H19N3O2.C10H21N3.C9H14N2O2/c1-14-12-16(8-9-17(14)21)13-22-20(3,18(25)27-4)10-6-5-7-11-24-15(2)23-28-19(24)26;1-9-13-16-10(15)14(9)8-6-4-5-7-11(2,3)12;1-9(11)13-8-6-4-5-7-10(2,3)12;1-3-4-5-6-7-11-8(2)10-13-9(11)12/h5,7-9,12-13H,6,10-11H2,1-4H3;4,6H,5,7-8,12H2,1-3H3;4,6H,5,7-8,12H2,1-3H3,(H2,11,13);5-6H,3-4,7H2,1-2H3/b7-5+,22-13?;2*6-4+;. The monoisotopic (exact) mass is 996 g/mol. The first-order valence-electron chi connectivity index (χ1n) is 23.3. The molecule has 0 saturated carbocycles. The highest BCUT2D eigenvalue weighted by Gasteiger charge is 2.32. The molecular weight excluding hydrogens is 918 g/mol. The third-order valence-electron chi connectivity index (χ3n) is 10.0. The number of unbranched alkanes of at least 4 members (excludes halogenated alkanes) is 1. The van der Waals surface area contributed by atoms with Gasteiger partial charge in [-0.25, -0.2) is 19.2 Å². The Balaban J connectivity index is 0.000000499. The van der Waals surface area contributed by atoms with Crippen molar-refractivity contribution in [3.8, 4) is 0 Å². The molecule has 6 N–H and O–H groups in total. The van der Waals surface area contributed by atoms with E-state index in [2.05, 4.69) is 58.1 Å². The van der Waals surface area contributed by atoms with Crippen LogP contribution in [0, 0.1) is 27.7 Å². The van der Waals surface area contributed by atoms with Crippen LogP contribution in [-0.4, -0.2) is 77.5 Å². The number of rotatable bonds is 22. The van der Waals surface area contributed by atoms with Crippen molar-refractivity contribution in [3.63, 3.8) is 0 Å². The van der Waals surface area contributed by atoms with Crippen LogP contribution in [0.2, 0.25) is 5.02 Å². The summed E-state index contributed by atoms with van der Waals surface area (Å²) in [6.45, 7) is 22.9. The molecule has 4 rings (SSSR count). The average molecular weight is 997 g/mol. The van der Waals surface area contributed by atoms with E-state index in [0.29, 0.717) is 67.4 Å². The number of hydrogen-bond acceptors (Lipinski definition) is 15. The predicted octanol–water partition coefficient (Wildman–Crippen LogP) is 7.65. The summed E-state index contributed by atoms with van der Waals surface area (Å²) in [7, 11) is 1.35. The third kappa shape index (κ3) is 26.0. The third-order valence-corrected chi connectivity index (χ3v) is 10.5. The van der Waals surface area contributed by atoms with Crippen molar-refractivity contribution in [2.24, 2.45) is 27.2 Å². The molecule has 0 aliphatic carbocycles. The molecule has 1 atom stereocenters. The molecule has 4 aromatic rings. The number of aryl methyl sites for hydroxylation is 4. The van der Waals surface area contributed by atoms with E-state index in [1.54, 1.807) is 46.9 Å². The first kappa shape index (κ1) is 61.8. The summed E-state index contributed by atoms with van der Waals surface area (Å²) < 4.78 is 22.9. The minimum absolute atomic E-state index is 0.0720. The van der Waals surface area contributed by atoms with E-state index in [-0.39, 0.29) is 11.1 Å². The molecule has 70 heavy (non-hydrogen) atoms. The predicted molar refractivity (Wildman–Crippen MR) is 279 cm³/mol. The molecule has 0 amide bonds. The van der Waals surface area contributed by atoms with E-state index < -0.39 is 28.8 Å². The largest absolute Gasteiger partial charge is 0.467 e. The molecule has 388 valence electrons. The number of nitrogens with two attached hydrogens (primary N) is 3. The minimum atomic E-state index is -1.02. The average Bonchev–Trinajstić information content (AvgIpc) is 3.91. The lowest BCUT2D eigenvalue weighted by Crippen LogP contribution is -2.34. The summed E-state index contributed by atoms with van der Waals surface area (Å²) in [4.78, 5) is 54.4. The number of halogens is 1. The summed E-state index contributed by atoms with van der Waals surface area (Å²) >= 11 is 6.04. The molecule has 1 aromatic carbocycles. The van der Waals surface area contributed by atoms with Crippen LogP contribution in [-0.2, 0) is 29.2 Å². The van der Waals surface area contributed by atoms with Gasteiger partial charge in [-0.05, 0) is 137 Å². The van der Waals surface area contributed by atoms with Crippen LogP contribution in [0.15, 0.2) is 105 Å². The summed E-state index contributed by atoms with van der Waals surface area (Å²) in [5, 5.41) is 11.4. The number of hydrogen-bond donors (Lipinski definition) is 3. The van der Waals surface area contributed by atoms with E-state index in [1.807, 2.05) is 83.2 Å². The van der Waals surface area contributed by atoms with E-state index in [4.69, 9.17) is 33.5 Å². The highest BCUT2D eigenvalue weighted by molar-refractivity contribution is 6.31. The number of carbonyl (C=O) groups excluding carboxylic acids is 1. The van der Waals surface area contributed by atoms with Gasteiger partial charge < -0.3 is 21.9 Å². The van der Waals surface area contributed by atoms with Crippen molar-refractivity contribution in [3.05, 3.63) is 132 Å². The zero-order valence-electron chi connectivity index (χ0n) is 43.4. The molecule has 0 bridgehead atoms. The highest BCUT2D eigenvalue weighted by Crippen LogP contribution is 2.21. The van der Waals surface area contributed by atoms with Gasteiger partial charge in [0.1, 0.15) is 0 Å². The first-order valence-corrected chi connectivity index (χ1v) is 23.6. The number of carbonyl (C=O) groups is 1. The number of esters is 1. The Kier molecular flexibility index (Phi) is 28.1. The number of aromatic nitrogens is 6. The van der Waals surface area contributed by atoms with Crippen LogP contribution in [0.1, 0.15) is 128 Å². The maximum absolute atomic E-state index is 12.3. The molecular formula is C50H78ClN11O8. The molecule has 0 aliphatic rings. The molecule has 1 unspecified atom stereocenters. The van der Waals surface area contributed by atoms with E-state index in [9.17, 15) is 19.2 Å². The maximum atomic E-state index is 12.3. The molecule has 20 heteroatoms. The van der Waals surface area contributed by atoms with Gasteiger partial charge in [-0.3, -0.25) is 37.3 Å². The van der Waals surface area contributed by atoms with Gasteiger partial charge in [0.2, 0.25) is 0 Å². The van der Waals surface area contributed by atoms with Crippen LogP contribution in [0.3, 0.4) is 0 Å². The summed E-state index contributed by atoms with van der Waals surface area (Å²) in [5.41, 5.74) is 17.6. The molecule has 3 heterocycles. The van der Waals surface area contributed by atoms with Gasteiger partial charge in [0.05, 0.1) is 19.5 Å². The quantitative estimate of drug-likeness (QED) is 0.0295. The zero-order chi connectivity index (χ0) is 52.9. The first-order chi connectivity index (χ1) is 32.8. The van der Waals surface area contributed by atoms with Crippen LogP contribution in [0.5, 0.6) is 0 Å². The number of benzene rings is 1. The molecule has 0 radical (unpaired) electrons. The number of ether oxygens (including phenoxy) is 1. The minimum Gasteiger partial charge on any atom is -0.467 e. The van der Waals surface area contributed by atoms with E-state index in [1.165, 1.54) is 20.8 Å². The van der Waals surface area contributed by atoms with Crippen molar-refractivity contribution in [2.75, 3.05) is 13.7 Å². The second-order valence-electron chi connectivity index (χ2n) is 18.1. The van der Waals surface area contributed by atoms with Gasteiger partial charge in [0.15, 0.2) is 23.0 Å². The van der Waals surface area contributed by atoms with Gasteiger partial charge >= 0.3 is 23.2 Å². The molecule has 0 saturated heterocycles. The fourth-order valence-corrected chi connectivity index (χ4v) is 5.87. The fraction of sp³-hybridized carbons (Fsp3) is 0.540. The number of aliphatic imine (C=N–C) groups is 2. The Morgan fingerprint density at radius 2 is 1.11 bits per heavy atom. The van der Waals surface area contributed by atoms with Crippen LogP contribution in [0.4, 0.5) is 0 Å². The SMILES string of the molecule is CC(N)=NC/C=C/CCC(C)(C)N.CCCC=CCn1c(C)noc1=O.COC(=O)C(C)(CC/C=C/Cn1c(C)noc1=O)N=Cc1ccc(Cl)c(C)c1.Cc1noc(=O)n1C/C=C/CCC(C)(C)N. The van der Waals surface area contributed by atoms with E-state index >= 15 is 0 Å². The normalized spacial score (nSPS) is 13.1. The molecule has 0 fully saturated rings. The van der Waals surface area contributed by atoms with Crippen molar-refractivity contribution in [1.82, 2.24) is 29.2 Å². The second-order valence-corrected chi connectivity index (χ2v) is 18.5. The molecule has 0 spiro atoms. The van der Waals surface area contributed by atoms with Gasteiger partial charge in [0.25, 0.3) is 0 Å². The van der Waals surface area contributed by atoms with Crippen molar-refractivity contribution in [1.29, 1.82) is 0 Å². The second kappa shape index (κ2) is 31.9. The van der Waals surface area contributed by atoms with Crippen LogP contribution < -0.4 is 34.5 Å². The Morgan fingerprint density at radius 1 is 0.700 bits per heavy atom. The van der Waals surface area contributed by atoms with Crippen molar-refractivity contribution >= 4 is 29.6 Å². The Labute approximate surface area is 417 Å². The summed E-state index contributed by atoms with van der Waals surface area (Å²) in [5.74, 6) is 0.638. The Bertz CT molecular complexity index is 2520. The summed E-state index contributed by atoms with van der Waals surface area (Å²) in [6, 6.07) is 5.54. The smallest absolute Gasteiger partial charge is 0.441 e. The lowest BCUT2D eigenvalue weighted by Gasteiger charge is -2.21. The number of methoxy groups -OCH3 is 1. The number of allylic oxidation sites excluding steroid dienone is 7. The van der Waals surface area contributed by atoms with E-state index in [0.717, 1.165) is 49.7 Å². The highest BCUT2D eigenvalue weighted by atomic mass is 35.5. The Hall–Kier alpha value is -6.18. The van der Waals surface area contributed by atoms with Gasteiger partial charge in [-0.2, -0.15) is 0 Å².